The van der Waals surface area contributed by atoms with E-state index in [4.69, 9.17) is 0 Å². The fraction of sp³-hybridized carbons (Fsp3) is 0.357. The minimum Gasteiger partial charge on any atom is -0.357 e. The highest BCUT2D eigenvalue weighted by atomic mass is 32.2. The van der Waals surface area contributed by atoms with Gasteiger partial charge in [0, 0.05) is 10.9 Å². The van der Waals surface area contributed by atoms with Crippen molar-refractivity contribution >= 4 is 51.6 Å². The van der Waals surface area contributed by atoms with Crippen LogP contribution in [0.5, 0.6) is 0 Å². The van der Waals surface area contributed by atoms with Gasteiger partial charge in [-0.3, -0.25) is 4.79 Å². The third-order valence-electron chi connectivity index (χ3n) is 3.02. The Kier molecular flexibility index (Phi) is 5.22. The summed E-state index contributed by atoms with van der Waals surface area (Å²) in [4.78, 5) is 13.1. The SMILES string of the molecule is CSc1ccccc1NC(=O)CSc1nnc(NC2CC2)s1. The molecule has 1 amide bonds. The predicted molar refractivity (Wildman–Crippen MR) is 94.1 cm³/mol. The zero-order valence-corrected chi connectivity index (χ0v) is 14.5. The molecule has 2 N–H and O–H groups in total. The molecular weight excluding hydrogens is 336 g/mol. The van der Waals surface area contributed by atoms with Crippen molar-refractivity contribution in [1.29, 1.82) is 0 Å². The van der Waals surface area contributed by atoms with Gasteiger partial charge in [-0.15, -0.1) is 22.0 Å². The van der Waals surface area contributed by atoms with Crippen molar-refractivity contribution in [1.82, 2.24) is 10.2 Å². The second-order valence-electron chi connectivity index (χ2n) is 4.83. The smallest absolute Gasteiger partial charge is 0.234 e. The van der Waals surface area contributed by atoms with E-state index in [0.717, 1.165) is 20.1 Å². The quantitative estimate of drug-likeness (QED) is 0.743. The average Bonchev–Trinajstić information content (AvgIpc) is 3.22. The van der Waals surface area contributed by atoms with E-state index in [1.54, 1.807) is 11.8 Å². The Labute approximate surface area is 141 Å². The lowest BCUT2D eigenvalue weighted by atomic mass is 10.3. The minimum absolute atomic E-state index is 0.0293. The van der Waals surface area contributed by atoms with Gasteiger partial charge in [-0.05, 0) is 31.2 Å². The van der Waals surface area contributed by atoms with Crippen molar-refractivity contribution in [2.75, 3.05) is 22.6 Å². The molecule has 0 unspecified atom stereocenters. The van der Waals surface area contributed by atoms with Crippen LogP contribution in [0.4, 0.5) is 10.8 Å². The molecule has 0 saturated heterocycles. The molecular formula is C14H16N4OS3. The maximum Gasteiger partial charge on any atom is 0.234 e. The van der Waals surface area contributed by atoms with E-state index in [2.05, 4.69) is 20.8 Å². The van der Waals surface area contributed by atoms with Crippen LogP contribution in [0.2, 0.25) is 0 Å². The summed E-state index contributed by atoms with van der Waals surface area (Å²) in [6, 6.07) is 8.36. The summed E-state index contributed by atoms with van der Waals surface area (Å²) in [6.07, 6.45) is 4.41. The number of rotatable bonds is 7. The number of thioether (sulfide) groups is 2. The first-order chi connectivity index (χ1) is 10.7. The summed E-state index contributed by atoms with van der Waals surface area (Å²) < 4.78 is 0.816. The number of carbonyl (C=O) groups excluding carboxylic acids is 1. The summed E-state index contributed by atoms with van der Waals surface area (Å²) in [7, 11) is 0. The number of para-hydroxylation sites is 1. The second-order valence-corrected chi connectivity index (χ2v) is 7.88. The fourth-order valence-electron chi connectivity index (χ4n) is 1.79. The maximum absolute atomic E-state index is 12.0. The largest absolute Gasteiger partial charge is 0.357 e. The number of benzene rings is 1. The molecule has 1 aromatic carbocycles. The highest BCUT2D eigenvalue weighted by Crippen LogP contribution is 2.30. The number of aromatic nitrogens is 2. The van der Waals surface area contributed by atoms with Gasteiger partial charge < -0.3 is 10.6 Å². The molecule has 0 bridgehead atoms. The zero-order chi connectivity index (χ0) is 15.4. The lowest BCUT2D eigenvalue weighted by Crippen LogP contribution is -2.14. The van der Waals surface area contributed by atoms with Crippen LogP contribution in [-0.4, -0.2) is 34.2 Å². The van der Waals surface area contributed by atoms with Crippen LogP contribution < -0.4 is 10.6 Å². The van der Waals surface area contributed by atoms with E-state index in [9.17, 15) is 4.79 Å². The molecule has 0 spiro atoms. The summed E-state index contributed by atoms with van der Waals surface area (Å²) in [5.41, 5.74) is 0.856. The van der Waals surface area contributed by atoms with Crippen LogP contribution >= 0.6 is 34.9 Å². The van der Waals surface area contributed by atoms with Gasteiger partial charge in [-0.2, -0.15) is 0 Å². The number of hydrogen-bond donors (Lipinski definition) is 2. The van der Waals surface area contributed by atoms with Gasteiger partial charge in [0.1, 0.15) is 0 Å². The zero-order valence-electron chi connectivity index (χ0n) is 12.0. The summed E-state index contributed by atoms with van der Waals surface area (Å²) in [5.74, 6) is 0.305. The van der Waals surface area contributed by atoms with Crippen LogP contribution in [-0.2, 0) is 4.79 Å². The molecule has 1 aromatic heterocycles. The topological polar surface area (TPSA) is 66.9 Å². The van der Waals surface area contributed by atoms with E-state index < -0.39 is 0 Å². The Morgan fingerprint density at radius 1 is 1.36 bits per heavy atom. The first kappa shape index (κ1) is 15.6. The highest BCUT2D eigenvalue weighted by molar-refractivity contribution is 8.01. The Morgan fingerprint density at radius 2 is 2.18 bits per heavy atom. The highest BCUT2D eigenvalue weighted by Gasteiger charge is 2.22. The predicted octanol–water partition coefficient (Wildman–Crippen LogP) is 3.57. The third-order valence-corrected chi connectivity index (χ3v) is 5.80. The lowest BCUT2D eigenvalue weighted by molar-refractivity contribution is -0.113. The molecule has 3 rings (SSSR count). The first-order valence-corrected chi connectivity index (χ1v) is 9.93. The third kappa shape index (κ3) is 4.37. The van der Waals surface area contributed by atoms with E-state index in [1.807, 2.05) is 30.5 Å². The van der Waals surface area contributed by atoms with Crippen LogP contribution in [0.25, 0.3) is 0 Å². The van der Waals surface area contributed by atoms with Crippen molar-refractivity contribution in [3.05, 3.63) is 24.3 Å². The molecule has 1 heterocycles. The molecule has 22 heavy (non-hydrogen) atoms. The molecule has 0 radical (unpaired) electrons. The summed E-state index contributed by atoms with van der Waals surface area (Å²) in [6.45, 7) is 0. The molecule has 116 valence electrons. The molecule has 1 aliphatic carbocycles. The summed E-state index contributed by atoms with van der Waals surface area (Å²) >= 11 is 4.53. The van der Waals surface area contributed by atoms with Crippen LogP contribution in [0, 0.1) is 0 Å². The second kappa shape index (κ2) is 7.34. The number of amides is 1. The van der Waals surface area contributed by atoms with Crippen LogP contribution in [0.15, 0.2) is 33.5 Å². The van der Waals surface area contributed by atoms with Crippen LogP contribution in [0.3, 0.4) is 0 Å². The lowest BCUT2D eigenvalue weighted by Gasteiger charge is -2.08. The molecule has 5 nitrogen and oxygen atoms in total. The van der Waals surface area contributed by atoms with Crippen molar-refractivity contribution < 1.29 is 4.79 Å². The number of nitrogens with one attached hydrogen (secondary N) is 2. The van der Waals surface area contributed by atoms with Crippen molar-refractivity contribution in [3.63, 3.8) is 0 Å². The van der Waals surface area contributed by atoms with Gasteiger partial charge in [0.05, 0.1) is 11.4 Å². The van der Waals surface area contributed by atoms with E-state index >= 15 is 0 Å². The Balaban J connectivity index is 1.50. The monoisotopic (exact) mass is 352 g/mol. The average molecular weight is 353 g/mol. The van der Waals surface area contributed by atoms with Crippen molar-refractivity contribution in [2.45, 2.75) is 28.1 Å². The number of nitrogens with zero attached hydrogens (tertiary/aromatic N) is 2. The summed E-state index contributed by atoms with van der Waals surface area (Å²) in [5, 5.41) is 15.3. The molecule has 8 heteroatoms. The minimum atomic E-state index is -0.0293. The van der Waals surface area contributed by atoms with Gasteiger partial charge >= 0.3 is 0 Å². The molecule has 1 fully saturated rings. The molecule has 0 aliphatic heterocycles. The van der Waals surface area contributed by atoms with E-state index in [1.165, 1.54) is 35.9 Å². The fourth-order valence-corrected chi connectivity index (χ4v) is 3.97. The van der Waals surface area contributed by atoms with Gasteiger partial charge in [0.15, 0.2) is 4.34 Å². The van der Waals surface area contributed by atoms with Crippen molar-refractivity contribution in [3.8, 4) is 0 Å². The first-order valence-electron chi connectivity index (χ1n) is 6.90. The molecule has 1 aliphatic rings. The standard InChI is InChI=1S/C14H16N4OS3/c1-20-11-5-3-2-4-10(11)16-12(19)8-21-14-18-17-13(22-14)15-9-6-7-9/h2-5,9H,6-8H2,1H3,(H,15,17)(H,16,19). The molecule has 0 atom stereocenters. The molecule has 1 saturated carbocycles. The Hall–Kier alpha value is -1.25. The van der Waals surface area contributed by atoms with Crippen molar-refractivity contribution in [2.24, 2.45) is 0 Å². The maximum atomic E-state index is 12.0. The number of anilines is 2. The Bertz CT molecular complexity index is 657. The van der Waals surface area contributed by atoms with E-state index in [-0.39, 0.29) is 5.91 Å². The number of hydrogen-bond acceptors (Lipinski definition) is 7. The van der Waals surface area contributed by atoms with Gasteiger partial charge in [0.2, 0.25) is 11.0 Å². The van der Waals surface area contributed by atoms with Gasteiger partial charge in [0.25, 0.3) is 0 Å². The molecule has 2 aromatic rings. The van der Waals surface area contributed by atoms with Crippen LogP contribution in [0.1, 0.15) is 12.8 Å². The van der Waals surface area contributed by atoms with Gasteiger partial charge in [-0.1, -0.05) is 35.2 Å². The van der Waals surface area contributed by atoms with E-state index in [0.29, 0.717) is 11.8 Å². The number of carbonyl (C=O) groups is 1. The van der Waals surface area contributed by atoms with Gasteiger partial charge in [-0.25, -0.2) is 0 Å². The normalized spacial score (nSPS) is 13.9. The Morgan fingerprint density at radius 3 is 2.95 bits per heavy atom.